The second-order valence-corrected chi connectivity index (χ2v) is 14.2. The lowest BCUT2D eigenvalue weighted by molar-refractivity contribution is 1.07. The lowest BCUT2D eigenvalue weighted by Gasteiger charge is -2.17. The largest absolute Gasteiger partial charge is 0.208 e. The van der Waals surface area contributed by atoms with Gasteiger partial charge in [0.15, 0.2) is 17.5 Å². The van der Waals surface area contributed by atoms with Crippen LogP contribution in [0.1, 0.15) is 11.1 Å². The van der Waals surface area contributed by atoms with Crippen LogP contribution in [0, 0.1) is 22.7 Å². The smallest absolute Gasteiger partial charge is 0.164 e. The Morgan fingerprint density at radius 2 is 0.732 bits per heavy atom. The van der Waals surface area contributed by atoms with Crippen molar-refractivity contribution in [3.05, 3.63) is 175 Å². The molecule has 0 bridgehead atoms. The molecule has 0 saturated heterocycles. The average molecular weight is 710 g/mol. The van der Waals surface area contributed by atoms with Crippen molar-refractivity contribution in [2.75, 3.05) is 0 Å². The van der Waals surface area contributed by atoms with Crippen LogP contribution in [0.25, 0.3) is 110 Å². The molecule has 0 amide bonds. The van der Waals surface area contributed by atoms with Crippen LogP contribution in [0.4, 0.5) is 0 Å². The fraction of sp³-hybridized carbons (Fsp3) is 0. The van der Waals surface area contributed by atoms with Crippen LogP contribution in [-0.4, -0.2) is 15.0 Å². The van der Waals surface area contributed by atoms with E-state index in [1.807, 2.05) is 54.6 Å². The van der Waals surface area contributed by atoms with Gasteiger partial charge in [-0.3, -0.25) is 0 Å². The fourth-order valence-corrected chi connectivity index (χ4v) is 8.45. The number of nitrogens with zero attached hydrogens (tertiary/aromatic N) is 5. The maximum atomic E-state index is 9.53. The number of nitriles is 2. The van der Waals surface area contributed by atoms with E-state index in [-0.39, 0.29) is 0 Å². The lowest BCUT2D eigenvalue weighted by Crippen LogP contribution is -2.00. The van der Waals surface area contributed by atoms with Crippen LogP contribution < -0.4 is 0 Å². The van der Waals surface area contributed by atoms with Crippen molar-refractivity contribution >= 4 is 64.6 Å². The van der Waals surface area contributed by atoms with Gasteiger partial charge in [0.25, 0.3) is 0 Å². The van der Waals surface area contributed by atoms with E-state index in [0.29, 0.717) is 28.6 Å². The molecule has 10 aromatic carbocycles. The predicted octanol–water partition coefficient (Wildman–Crippen LogP) is 12.6. The summed E-state index contributed by atoms with van der Waals surface area (Å²) < 4.78 is 0. The summed E-state index contributed by atoms with van der Waals surface area (Å²) in [6, 6.07) is 60.7. The molecule has 1 aromatic heterocycles. The Morgan fingerprint density at radius 3 is 1.29 bits per heavy atom. The molecule has 0 N–H and O–H groups in total. The fourth-order valence-electron chi connectivity index (χ4n) is 8.45. The number of hydrogen-bond acceptors (Lipinski definition) is 5. The van der Waals surface area contributed by atoms with Crippen LogP contribution in [0.3, 0.4) is 0 Å². The number of fused-ring (bicyclic) bond motifs is 2. The molecule has 0 unspecified atom stereocenters. The van der Waals surface area contributed by atoms with Crippen molar-refractivity contribution in [3.63, 3.8) is 0 Å². The predicted molar refractivity (Wildman–Crippen MR) is 227 cm³/mol. The van der Waals surface area contributed by atoms with E-state index in [9.17, 15) is 10.5 Å². The third-order valence-electron chi connectivity index (χ3n) is 11.1. The van der Waals surface area contributed by atoms with Crippen molar-refractivity contribution in [2.24, 2.45) is 0 Å². The van der Waals surface area contributed by atoms with Gasteiger partial charge in [0.05, 0.1) is 23.3 Å². The van der Waals surface area contributed by atoms with Gasteiger partial charge < -0.3 is 0 Å². The monoisotopic (exact) mass is 709 g/mol. The summed E-state index contributed by atoms with van der Waals surface area (Å²) in [7, 11) is 0. The Hall–Kier alpha value is -7.99. The van der Waals surface area contributed by atoms with E-state index in [1.54, 1.807) is 12.1 Å². The molecule has 256 valence electrons. The number of rotatable bonds is 4. The van der Waals surface area contributed by atoms with Gasteiger partial charge in [0, 0.05) is 16.7 Å². The minimum absolute atomic E-state index is 0.516. The first kappa shape index (κ1) is 31.5. The molecule has 5 heteroatoms. The second-order valence-electron chi connectivity index (χ2n) is 14.2. The zero-order valence-corrected chi connectivity index (χ0v) is 29.8. The van der Waals surface area contributed by atoms with Crippen molar-refractivity contribution in [2.45, 2.75) is 0 Å². The minimum Gasteiger partial charge on any atom is -0.208 e. The topological polar surface area (TPSA) is 86.2 Å². The van der Waals surface area contributed by atoms with Crippen LogP contribution >= 0.6 is 0 Å². The maximum absolute atomic E-state index is 9.53. The summed E-state index contributed by atoms with van der Waals surface area (Å²) in [6.45, 7) is 0. The first-order valence-electron chi connectivity index (χ1n) is 18.5. The summed E-state index contributed by atoms with van der Waals surface area (Å²) in [5.74, 6) is 1.61. The van der Waals surface area contributed by atoms with E-state index in [0.717, 1.165) is 38.6 Å². The molecule has 0 aliphatic carbocycles. The molecule has 11 rings (SSSR count). The van der Waals surface area contributed by atoms with Crippen LogP contribution in [0.15, 0.2) is 164 Å². The quantitative estimate of drug-likeness (QED) is 0.170. The standard InChI is InChI=1S/C51H27N5/c52-28-30-13-17-32(18-14-30)37-8-1-9-39(25-37)50-54-49(36-19-15-31(29-53)16-20-36)55-51(56-50)40-26-38-24-23-35-6-3-11-42-41-10-2-5-33-21-22-34-7-4-12-43(47(34)45(33)41)44(27-40)48(38)46(35)42/h1-27H. The first-order chi connectivity index (χ1) is 27.6. The molecule has 0 aliphatic heterocycles. The summed E-state index contributed by atoms with van der Waals surface area (Å²) in [4.78, 5) is 15.4. The van der Waals surface area contributed by atoms with E-state index in [1.165, 1.54) is 53.9 Å². The van der Waals surface area contributed by atoms with Crippen molar-refractivity contribution in [1.82, 2.24) is 15.0 Å². The average Bonchev–Trinajstić information content (AvgIpc) is 3.27. The van der Waals surface area contributed by atoms with Gasteiger partial charge in [-0.05, 0) is 130 Å². The highest BCUT2D eigenvalue weighted by Crippen LogP contribution is 2.44. The number of aromatic nitrogens is 3. The Bertz CT molecular complexity index is 3480. The first-order valence-corrected chi connectivity index (χ1v) is 18.5. The van der Waals surface area contributed by atoms with Crippen LogP contribution in [-0.2, 0) is 0 Å². The third kappa shape index (κ3) is 4.89. The van der Waals surface area contributed by atoms with Gasteiger partial charge in [-0.25, -0.2) is 15.0 Å². The lowest BCUT2D eigenvalue weighted by atomic mass is 9.87. The molecule has 56 heavy (non-hydrogen) atoms. The van der Waals surface area contributed by atoms with E-state index in [4.69, 9.17) is 15.0 Å². The molecule has 0 atom stereocenters. The van der Waals surface area contributed by atoms with E-state index in [2.05, 4.69) is 109 Å². The molecular formula is C51H27N5. The Labute approximate surface area is 321 Å². The minimum atomic E-state index is 0.516. The van der Waals surface area contributed by atoms with Gasteiger partial charge in [-0.2, -0.15) is 10.5 Å². The van der Waals surface area contributed by atoms with E-state index < -0.39 is 0 Å². The molecule has 0 spiro atoms. The molecule has 5 nitrogen and oxygen atoms in total. The summed E-state index contributed by atoms with van der Waals surface area (Å²) in [5.41, 5.74) is 5.66. The van der Waals surface area contributed by atoms with Crippen LogP contribution in [0.2, 0.25) is 0 Å². The summed E-state index contributed by atoms with van der Waals surface area (Å²) >= 11 is 0. The van der Waals surface area contributed by atoms with Gasteiger partial charge in [0.1, 0.15) is 0 Å². The molecule has 0 aliphatic rings. The van der Waals surface area contributed by atoms with Crippen LogP contribution in [0.5, 0.6) is 0 Å². The third-order valence-corrected chi connectivity index (χ3v) is 11.1. The van der Waals surface area contributed by atoms with Gasteiger partial charge >= 0.3 is 0 Å². The second kappa shape index (κ2) is 12.3. The maximum Gasteiger partial charge on any atom is 0.164 e. The SMILES string of the molecule is N#Cc1ccc(-c2cccc(-c3nc(-c4ccc(C#N)cc4)nc(-c4cc5ccc6cccc7c8cccc9ccc%10cccc(c(c4)c5c67)c%10c98)n3)c2)cc1. The molecule has 1 heterocycles. The Kier molecular flexibility index (Phi) is 6.92. The summed E-state index contributed by atoms with van der Waals surface area (Å²) in [5, 5.41) is 33.3. The highest BCUT2D eigenvalue weighted by molar-refractivity contribution is 6.37. The molecule has 0 saturated carbocycles. The zero-order valence-electron chi connectivity index (χ0n) is 29.8. The molecule has 0 fully saturated rings. The van der Waals surface area contributed by atoms with Gasteiger partial charge in [0.2, 0.25) is 0 Å². The van der Waals surface area contributed by atoms with E-state index >= 15 is 0 Å². The Balaban J connectivity index is 1.22. The molecule has 11 aromatic rings. The zero-order chi connectivity index (χ0) is 37.3. The van der Waals surface area contributed by atoms with Crippen molar-refractivity contribution < 1.29 is 0 Å². The summed E-state index contributed by atoms with van der Waals surface area (Å²) in [6.07, 6.45) is 0. The highest BCUT2D eigenvalue weighted by Gasteiger charge is 2.19. The Morgan fingerprint density at radius 1 is 0.304 bits per heavy atom. The van der Waals surface area contributed by atoms with Crippen molar-refractivity contribution in [3.8, 4) is 57.4 Å². The number of hydrogen-bond donors (Lipinski definition) is 0. The molecular weight excluding hydrogens is 683 g/mol. The van der Waals surface area contributed by atoms with Gasteiger partial charge in [-0.1, -0.05) is 109 Å². The normalized spacial score (nSPS) is 11.5. The van der Waals surface area contributed by atoms with Crippen molar-refractivity contribution in [1.29, 1.82) is 10.5 Å². The molecule has 0 radical (unpaired) electrons. The number of benzene rings is 9. The van der Waals surface area contributed by atoms with Gasteiger partial charge in [-0.15, -0.1) is 0 Å². The highest BCUT2D eigenvalue weighted by atomic mass is 15.0.